The smallest absolute Gasteiger partial charge is 0.264 e. The molecule has 0 saturated carbocycles. The van der Waals surface area contributed by atoms with E-state index in [1.807, 2.05) is 13.8 Å². The van der Waals surface area contributed by atoms with Gasteiger partial charge in [-0.25, -0.2) is 22.5 Å². The highest BCUT2D eigenvalue weighted by atomic mass is 32.2. The van der Waals surface area contributed by atoms with Gasteiger partial charge < -0.3 is 0 Å². The van der Waals surface area contributed by atoms with Crippen LogP contribution in [0.15, 0.2) is 40.0 Å². The molecule has 0 atom stereocenters. The second-order valence-electron chi connectivity index (χ2n) is 4.73. The number of rotatable bonds is 4. The first kappa shape index (κ1) is 15.2. The van der Waals surface area contributed by atoms with Crippen molar-refractivity contribution in [3.05, 3.63) is 52.2 Å². The van der Waals surface area contributed by atoms with Crippen LogP contribution in [0.2, 0.25) is 0 Å². The molecule has 0 amide bonds. The number of nitrogens with one attached hydrogen (secondary N) is 2. The minimum atomic E-state index is -3.94. The molecule has 0 fully saturated rings. The normalized spacial score (nSPS) is 11.6. The Morgan fingerprint density at radius 3 is 2.43 bits per heavy atom. The number of hydrogen-bond donors (Lipinski definition) is 2. The summed E-state index contributed by atoms with van der Waals surface area (Å²) in [6.07, 6.45) is 0. The van der Waals surface area contributed by atoms with Crippen LogP contribution in [0.3, 0.4) is 0 Å². The number of sulfonamides is 1. The Bertz CT molecular complexity index is 798. The summed E-state index contributed by atoms with van der Waals surface area (Å²) < 4.78 is 39.2. The van der Waals surface area contributed by atoms with E-state index in [9.17, 15) is 17.6 Å². The summed E-state index contributed by atoms with van der Waals surface area (Å²) in [4.78, 5) is 17.7. The average molecular weight is 311 g/mol. The first-order valence-corrected chi connectivity index (χ1v) is 7.66. The Morgan fingerprint density at radius 1 is 1.24 bits per heavy atom. The fourth-order valence-electron chi connectivity index (χ4n) is 1.62. The Hall–Kier alpha value is -2.22. The van der Waals surface area contributed by atoms with Gasteiger partial charge in [-0.15, -0.1) is 0 Å². The number of aromatic nitrogens is 2. The maximum atomic E-state index is 12.8. The summed E-state index contributed by atoms with van der Waals surface area (Å²) in [6, 6.07) is 5.63. The van der Waals surface area contributed by atoms with E-state index in [2.05, 4.69) is 14.7 Å². The monoisotopic (exact) mass is 311 g/mol. The zero-order valence-corrected chi connectivity index (χ0v) is 12.2. The summed E-state index contributed by atoms with van der Waals surface area (Å²) in [7, 11) is -3.94. The number of H-pyrrole nitrogens is 1. The molecule has 0 aliphatic rings. The van der Waals surface area contributed by atoms with Crippen LogP contribution in [0.4, 0.5) is 10.3 Å². The average Bonchev–Trinajstić information content (AvgIpc) is 2.37. The number of halogens is 1. The third-order valence-electron chi connectivity index (χ3n) is 2.71. The summed E-state index contributed by atoms with van der Waals surface area (Å²) >= 11 is 0. The minimum absolute atomic E-state index is 0.0265. The number of benzene rings is 1. The van der Waals surface area contributed by atoms with Crippen LogP contribution in [-0.4, -0.2) is 18.4 Å². The molecular formula is C13H14FN3O3S. The summed E-state index contributed by atoms with van der Waals surface area (Å²) in [6.45, 7) is 3.67. The van der Waals surface area contributed by atoms with Crippen LogP contribution in [0.1, 0.15) is 25.5 Å². The van der Waals surface area contributed by atoms with Crippen LogP contribution in [-0.2, 0) is 10.0 Å². The number of hydrogen-bond acceptors (Lipinski definition) is 4. The first-order valence-electron chi connectivity index (χ1n) is 6.17. The van der Waals surface area contributed by atoms with Crippen LogP contribution in [0.5, 0.6) is 0 Å². The molecule has 2 rings (SSSR count). The molecule has 0 saturated heterocycles. The zero-order valence-electron chi connectivity index (χ0n) is 11.4. The van der Waals surface area contributed by atoms with Gasteiger partial charge in [-0.3, -0.25) is 9.78 Å². The Balaban J connectivity index is 2.37. The van der Waals surface area contributed by atoms with Gasteiger partial charge in [-0.2, -0.15) is 0 Å². The van der Waals surface area contributed by atoms with Crippen LogP contribution >= 0.6 is 0 Å². The van der Waals surface area contributed by atoms with E-state index in [0.29, 0.717) is 5.69 Å². The van der Waals surface area contributed by atoms with Crippen molar-refractivity contribution in [1.29, 1.82) is 0 Å². The predicted molar refractivity (Wildman–Crippen MR) is 76.2 cm³/mol. The number of anilines is 1. The quantitative estimate of drug-likeness (QED) is 0.901. The molecule has 2 aromatic rings. The van der Waals surface area contributed by atoms with Crippen molar-refractivity contribution in [2.24, 2.45) is 0 Å². The second-order valence-corrected chi connectivity index (χ2v) is 6.42. The largest absolute Gasteiger partial charge is 0.292 e. The van der Waals surface area contributed by atoms with E-state index in [0.717, 1.165) is 24.3 Å². The summed E-state index contributed by atoms with van der Waals surface area (Å²) in [5, 5.41) is 0. The van der Waals surface area contributed by atoms with Crippen molar-refractivity contribution in [3.8, 4) is 0 Å². The van der Waals surface area contributed by atoms with Gasteiger partial charge >= 0.3 is 0 Å². The van der Waals surface area contributed by atoms with Crippen LogP contribution in [0, 0.1) is 5.82 Å². The molecule has 0 aliphatic heterocycles. The van der Waals surface area contributed by atoms with E-state index < -0.39 is 21.4 Å². The maximum Gasteiger partial charge on any atom is 0.264 e. The van der Waals surface area contributed by atoms with Crippen LogP contribution < -0.4 is 10.3 Å². The number of aromatic amines is 1. The molecule has 0 bridgehead atoms. The molecule has 2 N–H and O–H groups in total. The van der Waals surface area contributed by atoms with E-state index >= 15 is 0 Å². The summed E-state index contributed by atoms with van der Waals surface area (Å²) in [5.74, 6) is -0.737. The molecule has 0 aliphatic carbocycles. The molecule has 21 heavy (non-hydrogen) atoms. The van der Waals surface area contributed by atoms with Crippen molar-refractivity contribution in [2.45, 2.75) is 24.7 Å². The molecule has 1 heterocycles. The van der Waals surface area contributed by atoms with Crippen LogP contribution in [0.25, 0.3) is 0 Å². The lowest BCUT2D eigenvalue weighted by Crippen LogP contribution is -2.19. The molecule has 0 radical (unpaired) electrons. The molecule has 0 spiro atoms. The van der Waals surface area contributed by atoms with Crippen molar-refractivity contribution in [2.75, 3.05) is 4.72 Å². The van der Waals surface area contributed by atoms with Gasteiger partial charge in [0, 0.05) is 6.07 Å². The third-order valence-corrected chi connectivity index (χ3v) is 4.06. The van der Waals surface area contributed by atoms with Gasteiger partial charge in [-0.05, 0) is 30.2 Å². The van der Waals surface area contributed by atoms with Gasteiger partial charge in [0.15, 0.2) is 0 Å². The van der Waals surface area contributed by atoms with E-state index in [1.165, 1.54) is 6.07 Å². The van der Waals surface area contributed by atoms with Crippen molar-refractivity contribution < 1.29 is 12.8 Å². The third kappa shape index (κ3) is 3.66. The molecule has 1 aromatic heterocycles. The standard InChI is InChI=1S/C13H14FN3O3S/c1-8(2)11-7-12(18)16-13(15-11)17-21(19,20)10-5-3-9(14)4-6-10/h3-8H,1-2H3,(H2,15,16,17,18). The van der Waals surface area contributed by atoms with Gasteiger partial charge in [0.05, 0.1) is 10.6 Å². The molecular weight excluding hydrogens is 297 g/mol. The molecule has 112 valence electrons. The van der Waals surface area contributed by atoms with Gasteiger partial charge in [-0.1, -0.05) is 13.8 Å². The summed E-state index contributed by atoms with van der Waals surface area (Å²) in [5.41, 5.74) is 0.0149. The lowest BCUT2D eigenvalue weighted by Gasteiger charge is -2.09. The fraction of sp³-hybridized carbons (Fsp3) is 0.231. The lowest BCUT2D eigenvalue weighted by atomic mass is 10.1. The molecule has 0 unspecified atom stereocenters. The van der Waals surface area contributed by atoms with Gasteiger partial charge in [0.2, 0.25) is 5.95 Å². The highest BCUT2D eigenvalue weighted by Crippen LogP contribution is 2.15. The van der Waals surface area contributed by atoms with Gasteiger partial charge in [0.25, 0.3) is 15.6 Å². The second kappa shape index (κ2) is 5.65. The van der Waals surface area contributed by atoms with E-state index in [1.54, 1.807) is 0 Å². The van der Waals surface area contributed by atoms with Crippen molar-refractivity contribution >= 4 is 16.0 Å². The SMILES string of the molecule is CC(C)c1cc(=O)[nH]c(NS(=O)(=O)c2ccc(F)cc2)n1. The molecule has 8 heteroatoms. The Morgan fingerprint density at radius 2 is 1.86 bits per heavy atom. The Labute approximate surface area is 121 Å². The Kier molecular flexibility index (Phi) is 4.08. The number of nitrogens with zero attached hydrogens (tertiary/aromatic N) is 1. The van der Waals surface area contributed by atoms with E-state index in [-0.39, 0.29) is 16.8 Å². The minimum Gasteiger partial charge on any atom is -0.292 e. The first-order chi connectivity index (χ1) is 9.78. The zero-order chi connectivity index (χ0) is 15.6. The lowest BCUT2D eigenvalue weighted by molar-refractivity contribution is 0.599. The van der Waals surface area contributed by atoms with Crippen molar-refractivity contribution in [3.63, 3.8) is 0 Å². The predicted octanol–water partition coefficient (Wildman–Crippen LogP) is 1.83. The fourth-order valence-corrected chi connectivity index (χ4v) is 2.58. The molecule has 6 nitrogen and oxygen atoms in total. The molecule has 1 aromatic carbocycles. The highest BCUT2D eigenvalue weighted by molar-refractivity contribution is 7.92. The van der Waals surface area contributed by atoms with E-state index in [4.69, 9.17) is 0 Å². The van der Waals surface area contributed by atoms with Crippen molar-refractivity contribution in [1.82, 2.24) is 9.97 Å². The highest BCUT2D eigenvalue weighted by Gasteiger charge is 2.16. The maximum absolute atomic E-state index is 12.8. The van der Waals surface area contributed by atoms with Gasteiger partial charge in [0.1, 0.15) is 5.82 Å². The topological polar surface area (TPSA) is 91.9 Å².